The Labute approximate surface area is 257 Å². The Bertz CT molecular complexity index is 1460. The molecular weight excluding hydrogens is 586 g/mol. The minimum absolute atomic E-state index is 0.248. The van der Waals surface area contributed by atoms with Gasteiger partial charge in [-0.05, 0) is 75.8 Å². The number of amides is 2. The number of hydrogen-bond acceptors (Lipinski definition) is 7. The quantitative estimate of drug-likeness (QED) is 0.169. The number of allylic oxidation sites excluding steroid dienone is 2. The van der Waals surface area contributed by atoms with Crippen molar-refractivity contribution in [1.29, 1.82) is 0 Å². The van der Waals surface area contributed by atoms with Gasteiger partial charge in [-0.2, -0.15) is 5.10 Å². The van der Waals surface area contributed by atoms with Crippen LogP contribution in [0.3, 0.4) is 0 Å². The Morgan fingerprint density at radius 1 is 1.23 bits per heavy atom. The average molecular weight is 628 g/mol. The van der Waals surface area contributed by atoms with E-state index in [9.17, 15) is 14.0 Å². The van der Waals surface area contributed by atoms with E-state index in [1.165, 1.54) is 23.5 Å². The molecule has 2 aromatic heterocycles. The highest BCUT2D eigenvalue weighted by atomic mass is 32.1. The first-order valence-corrected chi connectivity index (χ1v) is 19.2. The molecule has 0 bridgehead atoms. The lowest BCUT2D eigenvalue weighted by Crippen LogP contribution is -2.35. The molecule has 43 heavy (non-hydrogen) atoms. The number of benzene rings is 1. The van der Waals surface area contributed by atoms with Crippen molar-refractivity contribution in [2.75, 3.05) is 18.5 Å². The summed E-state index contributed by atoms with van der Waals surface area (Å²) in [5.74, 6) is -0.495. The second-order valence-electron chi connectivity index (χ2n) is 13.1. The molecule has 2 N–H and O–H groups in total. The number of ether oxygens (including phenoxy) is 2. The molecule has 3 aromatic rings. The maximum absolute atomic E-state index is 14.3. The molecule has 0 spiro atoms. The Morgan fingerprint density at radius 3 is 2.72 bits per heavy atom. The van der Waals surface area contributed by atoms with Crippen LogP contribution in [0.15, 0.2) is 42.0 Å². The molecule has 9 nitrogen and oxygen atoms in total. The highest BCUT2D eigenvalue weighted by molar-refractivity contribution is 7.13. The van der Waals surface area contributed by atoms with Gasteiger partial charge in [0.2, 0.25) is 0 Å². The van der Waals surface area contributed by atoms with Gasteiger partial charge >= 0.3 is 6.09 Å². The Morgan fingerprint density at radius 2 is 2.02 bits per heavy atom. The number of aromatic nitrogens is 3. The van der Waals surface area contributed by atoms with Crippen molar-refractivity contribution >= 4 is 42.7 Å². The van der Waals surface area contributed by atoms with E-state index in [0.717, 1.165) is 30.0 Å². The Balaban J connectivity index is 1.36. The van der Waals surface area contributed by atoms with E-state index in [-0.39, 0.29) is 23.3 Å². The van der Waals surface area contributed by atoms with Crippen LogP contribution in [0.2, 0.25) is 25.7 Å². The van der Waals surface area contributed by atoms with Crippen LogP contribution in [0.5, 0.6) is 0 Å². The second kappa shape index (κ2) is 14.0. The van der Waals surface area contributed by atoms with Crippen molar-refractivity contribution < 1.29 is 23.5 Å². The standard InChI is InChI=1S/C31H42FN5O4SSi/c1-31(2,3)41-30(39)33-16-21-7-9-22(10-8-21)25-15-24(32)11-12-26(25)35-28(38)27-19-42-29(36-27)23-17-34-37(18-23)20-40-13-14-43(4,5)6/h9,11-12,15,17-19,21H,7-8,10,13-14,16,20H2,1-6H3,(H,33,39)(H,35,38). The van der Waals surface area contributed by atoms with Gasteiger partial charge in [-0.3, -0.25) is 4.79 Å². The first kappa shape index (κ1) is 32.6. The molecule has 0 aliphatic heterocycles. The number of hydrogen-bond donors (Lipinski definition) is 2. The predicted molar refractivity (Wildman–Crippen MR) is 171 cm³/mol. The fraction of sp³-hybridized carbons (Fsp3) is 0.484. The first-order chi connectivity index (χ1) is 20.3. The maximum Gasteiger partial charge on any atom is 0.407 e. The molecule has 1 aromatic carbocycles. The lowest BCUT2D eigenvalue weighted by atomic mass is 9.86. The van der Waals surface area contributed by atoms with Crippen molar-refractivity contribution in [3.63, 3.8) is 0 Å². The highest BCUT2D eigenvalue weighted by Gasteiger charge is 2.22. The summed E-state index contributed by atoms with van der Waals surface area (Å²) >= 11 is 1.36. The summed E-state index contributed by atoms with van der Waals surface area (Å²) in [6.07, 6.45) is 7.44. The second-order valence-corrected chi connectivity index (χ2v) is 19.5. The number of nitrogens with one attached hydrogen (secondary N) is 2. The van der Waals surface area contributed by atoms with E-state index in [0.29, 0.717) is 42.6 Å². The molecule has 232 valence electrons. The smallest absolute Gasteiger partial charge is 0.407 e. The molecule has 2 heterocycles. The van der Waals surface area contributed by atoms with Crippen molar-refractivity contribution in [3.05, 3.63) is 59.1 Å². The molecule has 0 saturated carbocycles. The SMILES string of the molecule is CC(C)(C)OC(=O)NCC1CC=C(c2cc(F)ccc2NC(=O)c2csc(-c3cnn(COCC[Si](C)(C)C)c3)n2)CC1. The van der Waals surface area contributed by atoms with E-state index in [2.05, 4.69) is 46.4 Å². The largest absolute Gasteiger partial charge is 0.444 e. The lowest BCUT2D eigenvalue weighted by molar-refractivity contribution is 0.0518. The summed E-state index contributed by atoms with van der Waals surface area (Å²) < 4.78 is 27.1. The molecule has 0 radical (unpaired) electrons. The number of anilines is 1. The van der Waals surface area contributed by atoms with Gasteiger partial charge in [0.25, 0.3) is 5.91 Å². The zero-order chi connectivity index (χ0) is 31.2. The summed E-state index contributed by atoms with van der Waals surface area (Å²) in [5.41, 5.74) is 2.68. The zero-order valence-corrected chi connectivity index (χ0v) is 27.6. The molecule has 0 fully saturated rings. The van der Waals surface area contributed by atoms with Crippen molar-refractivity contribution in [2.45, 2.75) is 78.1 Å². The highest BCUT2D eigenvalue weighted by Crippen LogP contribution is 2.35. The first-order valence-electron chi connectivity index (χ1n) is 14.6. The molecule has 1 aliphatic rings. The van der Waals surface area contributed by atoms with E-state index in [1.54, 1.807) is 22.3 Å². The fourth-order valence-corrected chi connectivity index (χ4v) is 6.06. The van der Waals surface area contributed by atoms with Gasteiger partial charge in [-0.1, -0.05) is 25.7 Å². The van der Waals surface area contributed by atoms with Crippen LogP contribution in [0.4, 0.5) is 14.9 Å². The molecule has 1 atom stereocenters. The van der Waals surface area contributed by atoms with Gasteiger partial charge in [-0.25, -0.2) is 18.9 Å². The third-order valence-corrected chi connectivity index (χ3v) is 9.46. The summed E-state index contributed by atoms with van der Waals surface area (Å²) in [6, 6.07) is 5.46. The minimum Gasteiger partial charge on any atom is -0.444 e. The Kier molecular flexibility index (Phi) is 10.6. The summed E-state index contributed by atoms with van der Waals surface area (Å²) in [7, 11) is -1.15. The number of halogens is 1. The molecule has 1 unspecified atom stereocenters. The van der Waals surface area contributed by atoms with E-state index < -0.39 is 19.8 Å². The van der Waals surface area contributed by atoms with Crippen molar-refractivity contribution in [2.24, 2.45) is 5.92 Å². The van der Waals surface area contributed by atoms with Gasteiger partial charge in [-0.15, -0.1) is 11.3 Å². The molecule has 4 rings (SSSR count). The number of thiazole rings is 1. The van der Waals surface area contributed by atoms with Crippen LogP contribution >= 0.6 is 11.3 Å². The van der Waals surface area contributed by atoms with Crippen LogP contribution in [-0.2, 0) is 16.2 Å². The molecule has 12 heteroatoms. The normalized spacial score (nSPS) is 15.6. The fourth-order valence-electron chi connectivity index (χ4n) is 4.53. The number of carbonyl (C=O) groups excluding carboxylic acids is 2. The number of nitrogens with zero attached hydrogens (tertiary/aromatic N) is 3. The van der Waals surface area contributed by atoms with Gasteiger partial charge < -0.3 is 20.1 Å². The number of rotatable bonds is 11. The summed E-state index contributed by atoms with van der Waals surface area (Å²) in [4.78, 5) is 29.7. The third kappa shape index (κ3) is 10.1. The number of carbonyl (C=O) groups is 2. The monoisotopic (exact) mass is 627 g/mol. The topological polar surface area (TPSA) is 107 Å². The minimum atomic E-state index is -1.15. The van der Waals surface area contributed by atoms with E-state index in [4.69, 9.17) is 9.47 Å². The Hall–Kier alpha value is -3.35. The van der Waals surface area contributed by atoms with Gasteiger partial charge in [0.1, 0.15) is 28.9 Å². The van der Waals surface area contributed by atoms with Gasteiger partial charge in [0.15, 0.2) is 0 Å². The van der Waals surface area contributed by atoms with Gasteiger partial charge in [0, 0.05) is 49.6 Å². The molecule has 1 aliphatic carbocycles. The third-order valence-electron chi connectivity index (χ3n) is 6.87. The van der Waals surface area contributed by atoms with Crippen LogP contribution in [0.25, 0.3) is 16.1 Å². The molecule has 0 saturated heterocycles. The predicted octanol–water partition coefficient (Wildman–Crippen LogP) is 7.42. The maximum atomic E-state index is 14.3. The van der Waals surface area contributed by atoms with Crippen LogP contribution in [-0.4, -0.2) is 53.6 Å². The average Bonchev–Trinajstić information content (AvgIpc) is 3.60. The van der Waals surface area contributed by atoms with Crippen LogP contribution in [0, 0.1) is 11.7 Å². The lowest BCUT2D eigenvalue weighted by Gasteiger charge is -2.25. The number of alkyl carbamates (subject to hydrolysis) is 1. The van der Waals surface area contributed by atoms with Crippen LogP contribution in [0.1, 0.15) is 56.1 Å². The van der Waals surface area contributed by atoms with Crippen LogP contribution < -0.4 is 10.6 Å². The summed E-state index contributed by atoms with van der Waals surface area (Å²) in [6.45, 7) is 14.0. The van der Waals surface area contributed by atoms with Crippen molar-refractivity contribution in [3.8, 4) is 10.6 Å². The molecular formula is C31H42FN5O4SSi. The van der Waals surface area contributed by atoms with E-state index >= 15 is 0 Å². The molecule has 2 amide bonds. The van der Waals surface area contributed by atoms with Crippen molar-refractivity contribution in [1.82, 2.24) is 20.1 Å². The van der Waals surface area contributed by atoms with E-state index in [1.807, 2.05) is 27.0 Å². The zero-order valence-electron chi connectivity index (χ0n) is 25.8. The van der Waals surface area contributed by atoms with Gasteiger partial charge in [0.05, 0.1) is 6.20 Å². The summed E-state index contributed by atoms with van der Waals surface area (Å²) in [5, 5.41) is 12.5.